The van der Waals surface area contributed by atoms with Crippen LogP contribution in [-0.2, 0) is 6.42 Å². The predicted octanol–water partition coefficient (Wildman–Crippen LogP) is 3.20. The zero-order valence-electron chi connectivity index (χ0n) is 12.6. The Labute approximate surface area is 129 Å². The average Bonchev–Trinajstić information content (AvgIpc) is 2.92. The summed E-state index contributed by atoms with van der Waals surface area (Å²) in [5, 5.41) is 12.4. The van der Waals surface area contributed by atoms with Gasteiger partial charge < -0.3 is 4.90 Å². The highest BCUT2D eigenvalue weighted by Gasteiger charge is 2.11. The smallest absolute Gasteiger partial charge is 0.257 e. The van der Waals surface area contributed by atoms with Crippen molar-refractivity contribution in [3.05, 3.63) is 34.8 Å². The second-order valence-electron chi connectivity index (χ2n) is 5.00. The van der Waals surface area contributed by atoms with Gasteiger partial charge in [0.05, 0.1) is 0 Å². The number of anilines is 2. The molecule has 0 fully saturated rings. The van der Waals surface area contributed by atoms with Gasteiger partial charge in [-0.3, -0.25) is 10.1 Å². The van der Waals surface area contributed by atoms with Gasteiger partial charge in [-0.05, 0) is 24.6 Å². The number of rotatable bonds is 6. The third-order valence-electron chi connectivity index (χ3n) is 3.06. The number of benzene rings is 1. The third-order valence-corrected chi connectivity index (χ3v) is 3.95. The minimum atomic E-state index is -0.156. The van der Waals surface area contributed by atoms with Crippen molar-refractivity contribution in [1.29, 1.82) is 0 Å². The third kappa shape index (κ3) is 4.26. The summed E-state index contributed by atoms with van der Waals surface area (Å²) >= 11 is 1.44. The lowest BCUT2D eigenvalue weighted by Crippen LogP contribution is -2.14. The van der Waals surface area contributed by atoms with Gasteiger partial charge in [-0.1, -0.05) is 30.7 Å². The Morgan fingerprint density at radius 1 is 1.33 bits per heavy atom. The molecule has 0 saturated carbocycles. The molecule has 0 radical (unpaired) electrons. The topological polar surface area (TPSA) is 58.1 Å². The second kappa shape index (κ2) is 7.17. The van der Waals surface area contributed by atoms with Gasteiger partial charge in [0.1, 0.15) is 5.01 Å². The number of hydrogen-bond donors (Lipinski definition) is 1. The first-order valence-corrected chi connectivity index (χ1v) is 7.83. The number of aryl methyl sites for hydroxylation is 1. The molecule has 2 aromatic rings. The molecule has 1 aromatic carbocycles. The van der Waals surface area contributed by atoms with Gasteiger partial charge in [-0.2, -0.15) is 0 Å². The van der Waals surface area contributed by atoms with E-state index in [2.05, 4.69) is 22.4 Å². The van der Waals surface area contributed by atoms with Crippen molar-refractivity contribution in [3.63, 3.8) is 0 Å². The van der Waals surface area contributed by atoms with Crippen LogP contribution in [0.4, 0.5) is 10.8 Å². The first-order chi connectivity index (χ1) is 10.1. The van der Waals surface area contributed by atoms with Crippen molar-refractivity contribution in [3.8, 4) is 0 Å². The number of unbranched alkanes of at least 4 members (excludes halogenated alkanes) is 1. The fraction of sp³-hybridized carbons (Fsp3) is 0.400. The van der Waals surface area contributed by atoms with Crippen LogP contribution < -0.4 is 10.2 Å². The van der Waals surface area contributed by atoms with Crippen molar-refractivity contribution in [1.82, 2.24) is 10.2 Å². The van der Waals surface area contributed by atoms with E-state index in [1.807, 2.05) is 37.2 Å². The average molecular weight is 304 g/mol. The molecule has 0 aliphatic carbocycles. The summed E-state index contributed by atoms with van der Waals surface area (Å²) in [7, 11) is 3.89. The molecule has 0 unspecified atom stereocenters. The maximum atomic E-state index is 12.2. The molecule has 1 aromatic heterocycles. The van der Waals surface area contributed by atoms with Gasteiger partial charge in [0.2, 0.25) is 5.13 Å². The zero-order valence-corrected chi connectivity index (χ0v) is 13.4. The Morgan fingerprint density at radius 2 is 2.14 bits per heavy atom. The molecule has 0 bridgehead atoms. The molecule has 0 saturated heterocycles. The molecule has 6 heteroatoms. The zero-order chi connectivity index (χ0) is 15.2. The van der Waals surface area contributed by atoms with Crippen molar-refractivity contribution in [2.75, 3.05) is 24.3 Å². The summed E-state index contributed by atoms with van der Waals surface area (Å²) in [6.45, 7) is 2.14. The van der Waals surface area contributed by atoms with Crippen LogP contribution in [0.5, 0.6) is 0 Å². The molecule has 2 rings (SSSR count). The quantitative estimate of drug-likeness (QED) is 0.890. The number of aromatic nitrogens is 2. The van der Waals surface area contributed by atoms with Gasteiger partial charge in [-0.25, -0.2) is 0 Å². The van der Waals surface area contributed by atoms with Crippen LogP contribution in [0.3, 0.4) is 0 Å². The molecule has 1 heterocycles. The van der Waals surface area contributed by atoms with Gasteiger partial charge in [-0.15, -0.1) is 10.2 Å². The predicted molar refractivity (Wildman–Crippen MR) is 87.2 cm³/mol. The van der Waals surface area contributed by atoms with E-state index in [1.165, 1.54) is 11.3 Å². The minimum Gasteiger partial charge on any atom is -0.378 e. The maximum Gasteiger partial charge on any atom is 0.257 e. The lowest BCUT2D eigenvalue weighted by Gasteiger charge is -2.13. The molecule has 0 aliphatic heterocycles. The van der Waals surface area contributed by atoms with Crippen molar-refractivity contribution in [2.45, 2.75) is 26.2 Å². The second-order valence-corrected chi connectivity index (χ2v) is 6.07. The Hall–Kier alpha value is -1.95. The van der Waals surface area contributed by atoms with Gasteiger partial charge in [0.15, 0.2) is 0 Å². The molecular formula is C15H20N4OS. The summed E-state index contributed by atoms with van der Waals surface area (Å²) in [6.07, 6.45) is 3.13. The van der Waals surface area contributed by atoms with E-state index in [4.69, 9.17) is 0 Å². The molecule has 5 nitrogen and oxygen atoms in total. The summed E-state index contributed by atoms with van der Waals surface area (Å²) in [6, 6.07) is 7.48. The van der Waals surface area contributed by atoms with E-state index >= 15 is 0 Å². The monoisotopic (exact) mass is 304 g/mol. The number of nitrogens with zero attached hydrogens (tertiary/aromatic N) is 3. The first-order valence-electron chi connectivity index (χ1n) is 7.01. The minimum absolute atomic E-state index is 0.156. The van der Waals surface area contributed by atoms with E-state index in [0.29, 0.717) is 10.7 Å². The summed E-state index contributed by atoms with van der Waals surface area (Å²) in [4.78, 5) is 14.2. The highest BCUT2D eigenvalue weighted by molar-refractivity contribution is 7.15. The van der Waals surface area contributed by atoms with Crippen LogP contribution in [0.1, 0.15) is 35.1 Å². The Morgan fingerprint density at radius 3 is 2.86 bits per heavy atom. The molecule has 21 heavy (non-hydrogen) atoms. The molecule has 112 valence electrons. The number of amides is 1. The number of nitrogens with one attached hydrogen (secondary N) is 1. The van der Waals surface area contributed by atoms with E-state index in [-0.39, 0.29) is 5.91 Å². The largest absolute Gasteiger partial charge is 0.378 e. The lowest BCUT2D eigenvalue weighted by atomic mass is 10.2. The first kappa shape index (κ1) is 15.4. The Balaban J connectivity index is 2.04. The van der Waals surface area contributed by atoms with Crippen LogP contribution in [0.15, 0.2) is 24.3 Å². The highest BCUT2D eigenvalue weighted by atomic mass is 32.1. The normalized spacial score (nSPS) is 10.4. The Bertz CT molecular complexity index is 609. The molecule has 0 spiro atoms. The van der Waals surface area contributed by atoms with Gasteiger partial charge in [0, 0.05) is 31.8 Å². The fourth-order valence-electron chi connectivity index (χ4n) is 1.83. The van der Waals surface area contributed by atoms with Crippen molar-refractivity contribution in [2.24, 2.45) is 0 Å². The fourth-order valence-corrected chi connectivity index (χ4v) is 2.60. The standard InChI is InChI=1S/C15H20N4OS/c1-4-5-9-13-17-18-15(21-13)16-14(20)11-7-6-8-12(10-11)19(2)3/h6-8,10H,4-5,9H2,1-3H3,(H,16,18,20). The molecule has 1 amide bonds. The lowest BCUT2D eigenvalue weighted by molar-refractivity contribution is 0.102. The van der Waals surface area contributed by atoms with E-state index < -0.39 is 0 Å². The molecule has 1 N–H and O–H groups in total. The number of carbonyl (C=O) groups is 1. The highest BCUT2D eigenvalue weighted by Crippen LogP contribution is 2.19. The van der Waals surface area contributed by atoms with Crippen LogP contribution in [0.2, 0.25) is 0 Å². The molecule has 0 atom stereocenters. The van der Waals surface area contributed by atoms with Gasteiger partial charge in [0.25, 0.3) is 5.91 Å². The summed E-state index contributed by atoms with van der Waals surface area (Å²) in [5.74, 6) is -0.156. The van der Waals surface area contributed by atoms with Crippen LogP contribution >= 0.6 is 11.3 Å². The van der Waals surface area contributed by atoms with E-state index in [9.17, 15) is 4.79 Å². The number of carbonyl (C=O) groups excluding carboxylic acids is 1. The van der Waals surface area contributed by atoms with Crippen LogP contribution in [-0.4, -0.2) is 30.2 Å². The van der Waals surface area contributed by atoms with Gasteiger partial charge >= 0.3 is 0 Å². The Kier molecular flexibility index (Phi) is 5.27. The van der Waals surface area contributed by atoms with E-state index in [0.717, 1.165) is 30.0 Å². The molecular weight excluding hydrogens is 284 g/mol. The maximum absolute atomic E-state index is 12.2. The summed E-state index contributed by atoms with van der Waals surface area (Å²) in [5.41, 5.74) is 1.61. The van der Waals surface area contributed by atoms with E-state index in [1.54, 1.807) is 6.07 Å². The van der Waals surface area contributed by atoms with Crippen LogP contribution in [0, 0.1) is 0 Å². The van der Waals surface area contributed by atoms with Crippen molar-refractivity contribution < 1.29 is 4.79 Å². The van der Waals surface area contributed by atoms with Crippen molar-refractivity contribution >= 4 is 28.1 Å². The van der Waals surface area contributed by atoms with Crippen LogP contribution in [0.25, 0.3) is 0 Å². The summed E-state index contributed by atoms with van der Waals surface area (Å²) < 4.78 is 0. The number of hydrogen-bond acceptors (Lipinski definition) is 5. The SMILES string of the molecule is CCCCc1nnc(NC(=O)c2cccc(N(C)C)c2)s1. The molecule has 0 aliphatic rings.